The molecule has 2 fully saturated rings. The first kappa shape index (κ1) is 20.8. The fraction of sp³-hybridized carbons (Fsp3) is 0.500. The Morgan fingerprint density at radius 1 is 1.13 bits per heavy atom. The van der Waals surface area contributed by atoms with E-state index in [4.69, 9.17) is 4.74 Å². The van der Waals surface area contributed by atoms with Gasteiger partial charge in [0.05, 0.1) is 12.5 Å². The number of anilines is 1. The zero-order valence-electron chi connectivity index (χ0n) is 17.9. The molecule has 6 heteroatoms. The molecule has 1 saturated carbocycles. The summed E-state index contributed by atoms with van der Waals surface area (Å²) in [6, 6.07) is 11.3. The first-order chi connectivity index (χ1) is 14.5. The number of piperazine rings is 1. The van der Waals surface area contributed by atoms with E-state index in [-0.39, 0.29) is 29.5 Å². The maximum absolute atomic E-state index is 14.4. The Hall–Kier alpha value is -2.47. The molecule has 3 atom stereocenters. The van der Waals surface area contributed by atoms with Crippen LogP contribution in [0.2, 0.25) is 0 Å². The van der Waals surface area contributed by atoms with Crippen molar-refractivity contribution in [3.8, 4) is 0 Å². The van der Waals surface area contributed by atoms with Crippen LogP contribution in [0.15, 0.2) is 42.6 Å². The molecule has 0 spiro atoms. The van der Waals surface area contributed by atoms with Gasteiger partial charge in [-0.1, -0.05) is 24.3 Å². The molecular weight excluding hydrogens is 381 g/mol. The molecule has 0 amide bonds. The van der Waals surface area contributed by atoms with Crippen molar-refractivity contribution in [2.45, 2.75) is 38.6 Å². The van der Waals surface area contributed by atoms with E-state index in [0.29, 0.717) is 18.2 Å². The van der Waals surface area contributed by atoms with Crippen LogP contribution in [-0.2, 0) is 9.53 Å². The Morgan fingerprint density at radius 2 is 1.87 bits per heavy atom. The average Bonchev–Trinajstić information content (AvgIpc) is 3.50. The minimum atomic E-state index is -0.357. The Labute approximate surface area is 177 Å². The summed E-state index contributed by atoms with van der Waals surface area (Å²) in [5, 5.41) is 0. The lowest BCUT2D eigenvalue weighted by Gasteiger charge is -2.37. The fourth-order valence-electron chi connectivity index (χ4n) is 4.64. The highest BCUT2D eigenvalue weighted by molar-refractivity contribution is 5.80. The van der Waals surface area contributed by atoms with Crippen molar-refractivity contribution in [2.24, 2.45) is 5.92 Å². The Morgan fingerprint density at radius 3 is 2.47 bits per heavy atom. The van der Waals surface area contributed by atoms with E-state index in [0.717, 1.165) is 37.6 Å². The molecular formula is C24H30FN3O2. The van der Waals surface area contributed by atoms with Crippen molar-refractivity contribution in [3.05, 3.63) is 59.5 Å². The number of rotatable bonds is 6. The van der Waals surface area contributed by atoms with Crippen molar-refractivity contribution in [3.63, 3.8) is 0 Å². The van der Waals surface area contributed by atoms with E-state index in [9.17, 15) is 9.18 Å². The number of carbonyl (C=O) groups excluding carboxylic acids is 1. The number of esters is 1. The van der Waals surface area contributed by atoms with Crippen LogP contribution in [0, 0.1) is 11.7 Å². The molecule has 2 heterocycles. The highest BCUT2D eigenvalue weighted by atomic mass is 19.1. The van der Waals surface area contributed by atoms with Crippen LogP contribution >= 0.6 is 0 Å². The molecule has 160 valence electrons. The summed E-state index contributed by atoms with van der Waals surface area (Å²) in [7, 11) is 0. The minimum absolute atomic E-state index is 0.0970. The lowest BCUT2D eigenvalue weighted by molar-refractivity contribution is -0.144. The number of carbonyl (C=O) groups is 1. The van der Waals surface area contributed by atoms with Crippen molar-refractivity contribution >= 4 is 11.8 Å². The van der Waals surface area contributed by atoms with Crippen LogP contribution < -0.4 is 4.90 Å². The number of ether oxygens (including phenoxy) is 1. The fourth-order valence-corrected chi connectivity index (χ4v) is 4.64. The topological polar surface area (TPSA) is 45.7 Å². The van der Waals surface area contributed by atoms with Gasteiger partial charge in [0.1, 0.15) is 11.6 Å². The summed E-state index contributed by atoms with van der Waals surface area (Å²) in [5.41, 5.74) is 1.54. The molecule has 1 aliphatic carbocycles. The average molecular weight is 412 g/mol. The van der Waals surface area contributed by atoms with Crippen LogP contribution in [0.3, 0.4) is 0 Å². The number of nitrogens with zero attached hydrogens (tertiary/aromatic N) is 3. The molecule has 1 aliphatic heterocycles. The number of halogens is 1. The van der Waals surface area contributed by atoms with Crippen LogP contribution in [0.4, 0.5) is 10.2 Å². The summed E-state index contributed by atoms with van der Waals surface area (Å²) in [6.07, 6.45) is 1.85. The summed E-state index contributed by atoms with van der Waals surface area (Å²) in [4.78, 5) is 22.0. The molecule has 1 aromatic carbocycles. The lowest BCUT2D eigenvalue weighted by atomic mass is 10.1. The number of hydrogen-bond acceptors (Lipinski definition) is 5. The van der Waals surface area contributed by atoms with E-state index < -0.39 is 0 Å². The molecule has 30 heavy (non-hydrogen) atoms. The van der Waals surface area contributed by atoms with Crippen LogP contribution in [0.5, 0.6) is 0 Å². The van der Waals surface area contributed by atoms with Gasteiger partial charge in [0.2, 0.25) is 0 Å². The van der Waals surface area contributed by atoms with Gasteiger partial charge in [-0.15, -0.1) is 0 Å². The van der Waals surface area contributed by atoms with Gasteiger partial charge in [-0.25, -0.2) is 9.37 Å². The Kier molecular flexibility index (Phi) is 6.04. The van der Waals surface area contributed by atoms with Crippen LogP contribution in [0.25, 0.3) is 0 Å². The van der Waals surface area contributed by atoms with Crippen molar-refractivity contribution < 1.29 is 13.9 Å². The first-order valence-electron chi connectivity index (χ1n) is 10.9. The first-order valence-corrected chi connectivity index (χ1v) is 10.9. The molecule has 2 aromatic rings. The van der Waals surface area contributed by atoms with Gasteiger partial charge in [-0.2, -0.15) is 0 Å². The molecule has 1 aromatic heterocycles. The zero-order chi connectivity index (χ0) is 21.3. The number of hydrogen-bond donors (Lipinski definition) is 0. The van der Waals surface area contributed by atoms with Gasteiger partial charge >= 0.3 is 5.97 Å². The van der Waals surface area contributed by atoms with Crippen molar-refractivity contribution in [1.82, 2.24) is 9.88 Å². The largest absolute Gasteiger partial charge is 0.466 e. The van der Waals surface area contributed by atoms with Gasteiger partial charge in [-0.05, 0) is 44.0 Å². The molecule has 0 N–H and O–H groups in total. The summed E-state index contributed by atoms with van der Waals surface area (Å²) in [6.45, 7) is 10.5. The molecule has 4 rings (SSSR count). The summed E-state index contributed by atoms with van der Waals surface area (Å²) >= 11 is 0. The van der Waals surface area contributed by atoms with E-state index in [1.807, 2.05) is 24.4 Å². The monoisotopic (exact) mass is 411 g/mol. The van der Waals surface area contributed by atoms with Gasteiger partial charge < -0.3 is 9.64 Å². The molecule has 0 radical (unpaired) electrons. The predicted octanol–water partition coefficient (Wildman–Crippen LogP) is 3.81. The second kappa shape index (κ2) is 8.72. The van der Waals surface area contributed by atoms with Crippen molar-refractivity contribution in [2.75, 3.05) is 37.7 Å². The number of benzene rings is 1. The third kappa shape index (κ3) is 4.06. The summed E-state index contributed by atoms with van der Waals surface area (Å²) in [5.74, 6) is -0.230. The van der Waals surface area contributed by atoms with E-state index in [1.54, 1.807) is 19.1 Å². The minimum Gasteiger partial charge on any atom is -0.466 e. The van der Waals surface area contributed by atoms with Gasteiger partial charge in [0.25, 0.3) is 0 Å². The van der Waals surface area contributed by atoms with E-state index in [1.165, 1.54) is 6.07 Å². The number of aromatic nitrogens is 1. The maximum Gasteiger partial charge on any atom is 0.310 e. The number of pyridine rings is 1. The van der Waals surface area contributed by atoms with E-state index >= 15 is 0 Å². The molecule has 3 unspecified atom stereocenters. The highest BCUT2D eigenvalue weighted by Crippen LogP contribution is 2.61. The molecule has 0 bridgehead atoms. The smallest absolute Gasteiger partial charge is 0.310 e. The lowest BCUT2D eigenvalue weighted by Crippen LogP contribution is -2.49. The normalized spacial score (nSPS) is 24.2. The second-order valence-electron chi connectivity index (χ2n) is 8.42. The third-order valence-corrected chi connectivity index (χ3v) is 6.37. The molecule has 2 aliphatic rings. The van der Waals surface area contributed by atoms with Gasteiger partial charge in [0.15, 0.2) is 0 Å². The third-order valence-electron chi connectivity index (χ3n) is 6.37. The second-order valence-corrected chi connectivity index (χ2v) is 8.42. The van der Waals surface area contributed by atoms with E-state index in [2.05, 4.69) is 28.6 Å². The molecule has 1 saturated heterocycles. The Bertz CT molecular complexity index is 878. The summed E-state index contributed by atoms with van der Waals surface area (Å²) < 4.78 is 19.7. The van der Waals surface area contributed by atoms with Crippen LogP contribution in [-0.4, -0.2) is 54.7 Å². The zero-order valence-corrected chi connectivity index (χ0v) is 17.9. The Balaban J connectivity index is 1.51. The predicted molar refractivity (Wildman–Crippen MR) is 115 cm³/mol. The highest BCUT2D eigenvalue weighted by Gasteiger charge is 2.58. The van der Waals surface area contributed by atoms with Crippen LogP contribution in [0.1, 0.15) is 43.7 Å². The SMILES string of the molecule is CCOC(=O)C1C(c2ccc(N3CCN(C(C)C)CC3)nc2)C1c1ccccc1F. The molecule has 5 nitrogen and oxygen atoms in total. The van der Waals surface area contributed by atoms with Gasteiger partial charge in [-0.3, -0.25) is 9.69 Å². The maximum atomic E-state index is 14.4. The standard InChI is InChI=1S/C24H30FN3O2/c1-4-30-24(29)23-21(22(23)18-7-5-6-8-19(18)25)17-9-10-20(26-15-17)28-13-11-27(12-14-28)16(2)3/h5-10,15-16,21-23H,4,11-14H2,1-3H3. The van der Waals surface area contributed by atoms with Crippen molar-refractivity contribution in [1.29, 1.82) is 0 Å². The van der Waals surface area contributed by atoms with Gasteiger partial charge in [0, 0.05) is 50.3 Å². The quantitative estimate of drug-likeness (QED) is 0.677.